The lowest BCUT2D eigenvalue weighted by Gasteiger charge is -2.16. The first-order valence-electron chi connectivity index (χ1n) is 8.80. The monoisotopic (exact) mass is 401 g/mol. The third kappa shape index (κ3) is 3.54. The highest BCUT2D eigenvalue weighted by Gasteiger charge is 2.33. The molecule has 1 aliphatic carbocycles. The number of hydrogen-bond acceptors (Lipinski definition) is 8. The molecule has 0 fully saturated rings. The summed E-state index contributed by atoms with van der Waals surface area (Å²) in [4.78, 5) is 0. The molecule has 0 heterocycles. The molecule has 8 nitrogen and oxygen atoms in total. The van der Waals surface area contributed by atoms with Crippen LogP contribution in [-0.2, 0) is 0 Å². The van der Waals surface area contributed by atoms with Crippen molar-refractivity contribution < 1.29 is 34.4 Å². The minimum atomic E-state index is -0.928. The molecular weight excluding hydrogens is 378 g/mol. The fraction of sp³-hybridized carbons (Fsp3) is 0.286. The van der Waals surface area contributed by atoms with Crippen LogP contribution in [0.1, 0.15) is 17.5 Å². The van der Waals surface area contributed by atoms with Crippen LogP contribution in [0.25, 0.3) is 11.1 Å². The van der Waals surface area contributed by atoms with E-state index in [1.165, 1.54) is 34.5 Å². The van der Waals surface area contributed by atoms with Gasteiger partial charge in [-0.2, -0.15) is 0 Å². The topological polar surface area (TPSA) is 110 Å². The van der Waals surface area contributed by atoms with Crippen LogP contribution in [0, 0.1) is 0 Å². The lowest BCUT2D eigenvalue weighted by Crippen LogP contribution is -2.05. The van der Waals surface area contributed by atoms with Gasteiger partial charge in [0.15, 0.2) is 23.0 Å². The Labute approximate surface area is 168 Å². The maximum Gasteiger partial charge on any atom is 0.203 e. The van der Waals surface area contributed by atoms with Crippen LogP contribution < -0.4 is 18.9 Å². The molecule has 2 aromatic carbocycles. The number of nitrogens with zero attached hydrogens (tertiary/aromatic N) is 1. The molecule has 8 heteroatoms. The first kappa shape index (κ1) is 20.3. The van der Waals surface area contributed by atoms with Gasteiger partial charge < -0.3 is 34.4 Å². The maximum atomic E-state index is 10.7. The molecule has 154 valence electrons. The predicted octanol–water partition coefficient (Wildman–Crippen LogP) is 2.93. The number of benzene rings is 2. The molecule has 1 atom stereocenters. The molecule has 0 aromatic heterocycles. The fourth-order valence-electron chi connectivity index (χ4n) is 3.54. The quantitative estimate of drug-likeness (QED) is 0.504. The average molecular weight is 401 g/mol. The van der Waals surface area contributed by atoms with E-state index in [2.05, 4.69) is 5.16 Å². The molecule has 0 saturated heterocycles. The Hall–Kier alpha value is -3.39. The lowest BCUT2D eigenvalue weighted by molar-refractivity contribution is 0.242. The Bertz CT molecular complexity index is 956. The van der Waals surface area contributed by atoms with Gasteiger partial charge in [0, 0.05) is 12.0 Å². The number of methoxy groups -OCH3 is 4. The first-order valence-corrected chi connectivity index (χ1v) is 8.80. The number of ether oxygens (including phenoxy) is 4. The Morgan fingerprint density at radius 2 is 1.48 bits per heavy atom. The highest BCUT2D eigenvalue weighted by molar-refractivity contribution is 6.34. The summed E-state index contributed by atoms with van der Waals surface area (Å²) in [5.74, 6) is 1.51. The molecule has 0 radical (unpaired) electrons. The number of aliphatic hydroxyl groups excluding tert-OH is 1. The third-order valence-electron chi connectivity index (χ3n) is 4.84. The average Bonchev–Trinajstić information content (AvgIpc) is 3.08. The van der Waals surface area contributed by atoms with Gasteiger partial charge in [0.1, 0.15) is 0 Å². The summed E-state index contributed by atoms with van der Waals surface area (Å²) in [7, 11) is 5.96. The molecule has 3 N–H and O–H groups in total. The summed E-state index contributed by atoms with van der Waals surface area (Å²) < 4.78 is 21.3. The number of phenols is 1. The zero-order valence-electron chi connectivity index (χ0n) is 16.6. The Balaban J connectivity index is 2.29. The van der Waals surface area contributed by atoms with E-state index in [9.17, 15) is 15.4 Å². The Kier molecular flexibility index (Phi) is 5.84. The Morgan fingerprint density at radius 1 is 0.862 bits per heavy atom. The predicted molar refractivity (Wildman–Crippen MR) is 107 cm³/mol. The number of allylic oxidation sites excluding steroid dienone is 1. The van der Waals surface area contributed by atoms with Crippen LogP contribution in [0.2, 0.25) is 0 Å². The van der Waals surface area contributed by atoms with Crippen molar-refractivity contribution in [1.29, 1.82) is 0 Å². The van der Waals surface area contributed by atoms with Crippen molar-refractivity contribution in [2.45, 2.75) is 12.5 Å². The molecule has 3 rings (SSSR count). The van der Waals surface area contributed by atoms with Crippen molar-refractivity contribution in [3.05, 3.63) is 41.5 Å². The zero-order chi connectivity index (χ0) is 21.1. The number of oxime groups is 1. The summed E-state index contributed by atoms with van der Waals surface area (Å²) in [6.07, 6.45) is -0.812. The Morgan fingerprint density at radius 3 is 1.97 bits per heavy atom. The SMILES string of the molecule is COc1ccc(C2=C(c3cc(OC)c(OC)c(OC)c3)/C(=N\O)CC2O)cc1O. The van der Waals surface area contributed by atoms with E-state index in [-0.39, 0.29) is 12.2 Å². The van der Waals surface area contributed by atoms with Crippen molar-refractivity contribution >= 4 is 16.9 Å². The van der Waals surface area contributed by atoms with Gasteiger partial charge in [0.05, 0.1) is 40.3 Å². The van der Waals surface area contributed by atoms with E-state index < -0.39 is 6.10 Å². The number of hydrogen-bond donors (Lipinski definition) is 3. The number of phenolic OH excluding ortho intramolecular Hbond substituents is 1. The molecule has 0 aliphatic heterocycles. The van der Waals surface area contributed by atoms with Gasteiger partial charge in [-0.25, -0.2) is 0 Å². The summed E-state index contributed by atoms with van der Waals surface area (Å²) in [5, 5.41) is 33.8. The molecule has 1 unspecified atom stereocenters. The minimum absolute atomic E-state index is 0.0664. The fourth-order valence-corrected chi connectivity index (χ4v) is 3.54. The second kappa shape index (κ2) is 8.32. The van der Waals surface area contributed by atoms with Gasteiger partial charge >= 0.3 is 0 Å². The lowest BCUT2D eigenvalue weighted by atomic mass is 9.95. The minimum Gasteiger partial charge on any atom is -0.504 e. The van der Waals surface area contributed by atoms with Crippen molar-refractivity contribution in [2.24, 2.45) is 5.16 Å². The van der Waals surface area contributed by atoms with Crippen molar-refractivity contribution in [3.8, 4) is 28.7 Å². The van der Waals surface area contributed by atoms with E-state index in [1.54, 1.807) is 24.3 Å². The highest BCUT2D eigenvalue weighted by atomic mass is 16.5. The number of rotatable bonds is 6. The van der Waals surface area contributed by atoms with E-state index >= 15 is 0 Å². The van der Waals surface area contributed by atoms with Crippen molar-refractivity contribution in [1.82, 2.24) is 0 Å². The second-order valence-corrected chi connectivity index (χ2v) is 6.36. The van der Waals surface area contributed by atoms with Crippen molar-refractivity contribution in [3.63, 3.8) is 0 Å². The van der Waals surface area contributed by atoms with Gasteiger partial charge in [0.25, 0.3) is 0 Å². The summed E-state index contributed by atoms with van der Waals surface area (Å²) >= 11 is 0. The molecule has 0 amide bonds. The maximum absolute atomic E-state index is 10.7. The summed E-state index contributed by atoms with van der Waals surface area (Å²) in [6.45, 7) is 0. The second-order valence-electron chi connectivity index (χ2n) is 6.36. The van der Waals surface area contributed by atoms with E-state index in [0.717, 1.165) is 0 Å². The summed E-state index contributed by atoms with van der Waals surface area (Å²) in [5.41, 5.74) is 2.50. The van der Waals surface area contributed by atoms with Crippen LogP contribution >= 0.6 is 0 Å². The smallest absolute Gasteiger partial charge is 0.203 e. The first-order chi connectivity index (χ1) is 14.0. The molecule has 1 aliphatic rings. The third-order valence-corrected chi connectivity index (χ3v) is 4.84. The van der Waals surface area contributed by atoms with Crippen LogP contribution in [-0.4, -0.2) is 55.7 Å². The van der Waals surface area contributed by atoms with Gasteiger partial charge in [-0.1, -0.05) is 11.2 Å². The van der Waals surface area contributed by atoms with Gasteiger partial charge in [-0.05, 0) is 41.0 Å². The summed E-state index contributed by atoms with van der Waals surface area (Å²) in [6, 6.07) is 8.24. The van der Waals surface area contributed by atoms with E-state index in [4.69, 9.17) is 18.9 Å². The van der Waals surface area contributed by atoms with Gasteiger partial charge in [-0.3, -0.25) is 0 Å². The standard InChI is InChI=1S/C21H23NO7/c1-26-16-6-5-11(7-14(16)23)20-15(24)10-13(22-25)19(20)12-8-17(27-2)21(29-4)18(9-12)28-3/h5-9,15,23-25H,10H2,1-4H3/b22-13-. The molecule has 0 bridgehead atoms. The highest BCUT2D eigenvalue weighted by Crippen LogP contribution is 2.45. The van der Waals surface area contributed by atoms with E-state index in [1.807, 2.05) is 0 Å². The number of aliphatic hydroxyl groups is 1. The molecule has 0 saturated carbocycles. The normalized spacial score (nSPS) is 17.6. The van der Waals surface area contributed by atoms with Crippen LogP contribution in [0.5, 0.6) is 28.7 Å². The van der Waals surface area contributed by atoms with E-state index in [0.29, 0.717) is 51.0 Å². The van der Waals surface area contributed by atoms with Gasteiger partial charge in [0.2, 0.25) is 5.75 Å². The molecular formula is C21H23NO7. The van der Waals surface area contributed by atoms with Gasteiger partial charge in [-0.15, -0.1) is 0 Å². The molecule has 29 heavy (non-hydrogen) atoms. The largest absolute Gasteiger partial charge is 0.504 e. The number of aromatic hydroxyl groups is 1. The zero-order valence-corrected chi connectivity index (χ0v) is 16.6. The van der Waals surface area contributed by atoms with Crippen LogP contribution in [0.4, 0.5) is 0 Å². The van der Waals surface area contributed by atoms with Crippen LogP contribution in [0.3, 0.4) is 0 Å². The molecule has 0 spiro atoms. The van der Waals surface area contributed by atoms with Crippen LogP contribution in [0.15, 0.2) is 35.5 Å². The molecule has 2 aromatic rings. The van der Waals surface area contributed by atoms with Crippen molar-refractivity contribution in [2.75, 3.05) is 28.4 Å².